The lowest BCUT2D eigenvalue weighted by Crippen LogP contribution is -2.51. The van der Waals surface area contributed by atoms with Gasteiger partial charge in [-0.1, -0.05) is 71.0 Å². The van der Waals surface area contributed by atoms with E-state index in [9.17, 15) is 9.59 Å². The molecule has 0 unspecified atom stereocenters. The standard InChI is InChI=1S/C36H49N7O3/c1-8-46-28-11-9-10-26(22-28)31-33(45)43(36(38-31)20-16-27(17-21-36)35(5,6)7)29(18-19-34(2,3)4)24-12-14-25(15-13-24)32(44)37-23-30-39-41-42-40-30/h9-15,22,27,29H,8,16-21,23H2,1-7H3,(H,37,44)(H,39,40,41,42)/t27?,29-,36?/m1/s1. The van der Waals surface area contributed by atoms with E-state index in [0.717, 1.165) is 55.4 Å². The van der Waals surface area contributed by atoms with Crippen LogP contribution in [0.2, 0.25) is 0 Å². The quantitative estimate of drug-likeness (QED) is 0.259. The molecule has 0 saturated heterocycles. The molecule has 2 aliphatic rings. The smallest absolute Gasteiger partial charge is 0.275 e. The first-order valence-electron chi connectivity index (χ1n) is 16.6. The van der Waals surface area contributed by atoms with Crippen LogP contribution in [0.25, 0.3) is 0 Å². The van der Waals surface area contributed by atoms with Crippen LogP contribution in [0.15, 0.2) is 53.5 Å². The molecule has 2 heterocycles. The monoisotopic (exact) mass is 627 g/mol. The van der Waals surface area contributed by atoms with Gasteiger partial charge in [-0.2, -0.15) is 5.21 Å². The Labute approximate surface area is 272 Å². The average Bonchev–Trinajstić information content (AvgIpc) is 3.63. The molecule has 0 bridgehead atoms. The number of nitrogens with zero attached hydrogens (tertiary/aromatic N) is 5. The van der Waals surface area contributed by atoms with Gasteiger partial charge in [0.15, 0.2) is 5.82 Å². The van der Waals surface area contributed by atoms with Crippen LogP contribution < -0.4 is 10.1 Å². The Kier molecular flexibility index (Phi) is 9.65. The minimum Gasteiger partial charge on any atom is -0.494 e. The molecule has 5 rings (SSSR count). The number of aromatic nitrogens is 4. The van der Waals surface area contributed by atoms with Crippen LogP contribution >= 0.6 is 0 Å². The van der Waals surface area contributed by atoms with Crippen molar-refractivity contribution >= 4 is 17.5 Å². The van der Waals surface area contributed by atoms with Crippen molar-refractivity contribution in [2.45, 2.75) is 105 Å². The van der Waals surface area contributed by atoms with Crippen molar-refractivity contribution in [3.63, 3.8) is 0 Å². The van der Waals surface area contributed by atoms with E-state index >= 15 is 0 Å². The first-order valence-corrected chi connectivity index (χ1v) is 16.6. The molecule has 1 fully saturated rings. The zero-order valence-electron chi connectivity index (χ0n) is 28.4. The molecule has 1 aromatic heterocycles. The molecule has 1 saturated carbocycles. The fourth-order valence-electron chi connectivity index (χ4n) is 6.82. The first-order chi connectivity index (χ1) is 21.8. The van der Waals surface area contributed by atoms with Gasteiger partial charge in [-0.15, -0.1) is 10.2 Å². The van der Waals surface area contributed by atoms with Gasteiger partial charge in [0.25, 0.3) is 11.8 Å². The molecule has 3 aromatic rings. The number of aliphatic imine (C=N–C) groups is 1. The molecule has 1 aliphatic carbocycles. The Morgan fingerprint density at radius 1 is 1.09 bits per heavy atom. The molecule has 0 radical (unpaired) electrons. The van der Waals surface area contributed by atoms with Gasteiger partial charge in [-0.3, -0.25) is 14.6 Å². The summed E-state index contributed by atoms with van der Waals surface area (Å²) in [7, 11) is 0. The zero-order chi connectivity index (χ0) is 33.1. The largest absolute Gasteiger partial charge is 0.494 e. The van der Waals surface area contributed by atoms with Crippen LogP contribution in [0, 0.1) is 16.7 Å². The van der Waals surface area contributed by atoms with Crippen molar-refractivity contribution in [2.24, 2.45) is 21.7 Å². The van der Waals surface area contributed by atoms with E-state index in [1.807, 2.05) is 55.5 Å². The maximum atomic E-state index is 14.7. The number of benzene rings is 2. The minimum atomic E-state index is -0.626. The van der Waals surface area contributed by atoms with Crippen LogP contribution in [0.3, 0.4) is 0 Å². The summed E-state index contributed by atoms with van der Waals surface area (Å²) in [6.07, 6.45) is 5.36. The fraction of sp³-hybridized carbons (Fsp3) is 0.556. The van der Waals surface area contributed by atoms with Gasteiger partial charge in [0.2, 0.25) is 0 Å². The number of rotatable bonds is 10. The Hall–Kier alpha value is -4.08. The lowest BCUT2D eigenvalue weighted by Gasteiger charge is -2.47. The molecule has 2 N–H and O–H groups in total. The summed E-state index contributed by atoms with van der Waals surface area (Å²) in [6, 6.07) is 15.2. The van der Waals surface area contributed by atoms with E-state index in [-0.39, 0.29) is 35.2 Å². The molecule has 2 amide bonds. The molecule has 1 aliphatic heterocycles. The molecule has 10 nitrogen and oxygen atoms in total. The van der Waals surface area contributed by atoms with Crippen LogP contribution in [-0.2, 0) is 11.3 Å². The zero-order valence-corrected chi connectivity index (χ0v) is 28.4. The highest BCUT2D eigenvalue weighted by Gasteiger charge is 2.52. The predicted octanol–water partition coefficient (Wildman–Crippen LogP) is 6.66. The lowest BCUT2D eigenvalue weighted by molar-refractivity contribution is -0.134. The summed E-state index contributed by atoms with van der Waals surface area (Å²) < 4.78 is 5.79. The summed E-state index contributed by atoms with van der Waals surface area (Å²) >= 11 is 0. The Morgan fingerprint density at radius 2 is 1.80 bits per heavy atom. The molecule has 1 atom stereocenters. The third kappa shape index (κ3) is 7.48. The van der Waals surface area contributed by atoms with E-state index in [1.54, 1.807) is 0 Å². The summed E-state index contributed by atoms with van der Waals surface area (Å²) in [5, 5.41) is 16.6. The van der Waals surface area contributed by atoms with Crippen molar-refractivity contribution in [1.29, 1.82) is 0 Å². The lowest BCUT2D eigenvalue weighted by atomic mass is 9.69. The van der Waals surface area contributed by atoms with E-state index in [1.165, 1.54) is 0 Å². The first kappa shape index (κ1) is 33.3. The van der Waals surface area contributed by atoms with E-state index < -0.39 is 5.66 Å². The average molecular weight is 628 g/mol. The molecular weight excluding hydrogens is 578 g/mol. The molecule has 10 heteroatoms. The Balaban J connectivity index is 1.50. The maximum absolute atomic E-state index is 14.7. The molecule has 246 valence electrons. The topological polar surface area (TPSA) is 125 Å². The van der Waals surface area contributed by atoms with E-state index in [4.69, 9.17) is 9.73 Å². The number of amides is 2. The number of carbonyl (C=O) groups excluding carboxylic acids is 2. The highest BCUT2D eigenvalue weighted by Crippen LogP contribution is 2.50. The van der Waals surface area contributed by atoms with Crippen LogP contribution in [-0.4, -0.2) is 55.3 Å². The summed E-state index contributed by atoms with van der Waals surface area (Å²) in [6.45, 7) is 16.3. The SMILES string of the molecule is CCOc1cccc(C2=NC3(CCC(C(C)(C)C)CC3)N([C@H](CCC(C)(C)C)c3ccc(C(=O)NCc4nn[nH]n4)cc3)C2=O)c1. The van der Waals surface area contributed by atoms with E-state index in [2.05, 4.69) is 72.4 Å². The second-order valence-corrected chi connectivity index (χ2v) is 15.0. The van der Waals surface area contributed by atoms with Crippen LogP contribution in [0.5, 0.6) is 5.75 Å². The normalized spacial score (nSPS) is 20.9. The maximum Gasteiger partial charge on any atom is 0.275 e. The number of ether oxygens (including phenoxy) is 1. The second kappa shape index (κ2) is 13.3. The van der Waals surface area contributed by atoms with E-state index in [0.29, 0.717) is 29.6 Å². The highest BCUT2D eigenvalue weighted by atomic mass is 16.5. The molecule has 2 aromatic carbocycles. The highest BCUT2D eigenvalue weighted by molar-refractivity contribution is 6.46. The Morgan fingerprint density at radius 3 is 2.41 bits per heavy atom. The number of hydrogen-bond donors (Lipinski definition) is 2. The summed E-state index contributed by atoms with van der Waals surface area (Å²) in [5.74, 6) is 1.44. The Bertz CT molecular complexity index is 1530. The third-order valence-electron chi connectivity index (χ3n) is 9.45. The number of hydrogen-bond acceptors (Lipinski definition) is 7. The van der Waals surface area contributed by atoms with Crippen molar-refractivity contribution in [3.8, 4) is 5.75 Å². The van der Waals surface area contributed by atoms with Gasteiger partial charge in [0.05, 0.1) is 19.2 Å². The van der Waals surface area contributed by atoms with Gasteiger partial charge in [0.1, 0.15) is 17.1 Å². The van der Waals surface area contributed by atoms with Crippen molar-refractivity contribution in [1.82, 2.24) is 30.8 Å². The third-order valence-corrected chi connectivity index (χ3v) is 9.45. The number of tetrazole rings is 1. The summed E-state index contributed by atoms with van der Waals surface area (Å²) in [5.41, 5.74) is 2.47. The van der Waals surface area contributed by atoms with Crippen molar-refractivity contribution in [3.05, 3.63) is 71.0 Å². The molecule has 46 heavy (non-hydrogen) atoms. The molecule has 1 spiro atoms. The van der Waals surface area contributed by atoms with Gasteiger partial charge < -0.3 is 15.0 Å². The van der Waals surface area contributed by atoms with Gasteiger partial charge in [0, 0.05) is 11.1 Å². The number of carbonyl (C=O) groups is 2. The predicted molar refractivity (Wildman–Crippen MR) is 178 cm³/mol. The van der Waals surface area contributed by atoms with Crippen molar-refractivity contribution < 1.29 is 14.3 Å². The second-order valence-electron chi connectivity index (χ2n) is 15.0. The van der Waals surface area contributed by atoms with Crippen LogP contribution in [0.4, 0.5) is 0 Å². The van der Waals surface area contributed by atoms with Gasteiger partial charge in [-0.05, 0) is 92.0 Å². The fourth-order valence-corrected chi connectivity index (χ4v) is 6.82. The molecular formula is C36H49N7O3. The van der Waals surface area contributed by atoms with Crippen molar-refractivity contribution in [2.75, 3.05) is 6.61 Å². The van der Waals surface area contributed by atoms with Crippen LogP contribution in [0.1, 0.15) is 120 Å². The number of nitrogens with one attached hydrogen (secondary N) is 2. The number of H-pyrrole nitrogens is 1. The number of aromatic amines is 1. The summed E-state index contributed by atoms with van der Waals surface area (Å²) in [4.78, 5) is 35.1. The minimum absolute atomic E-state index is 0.0382. The van der Waals surface area contributed by atoms with Gasteiger partial charge in [-0.25, -0.2) is 0 Å². The van der Waals surface area contributed by atoms with Gasteiger partial charge >= 0.3 is 0 Å².